The van der Waals surface area contributed by atoms with Gasteiger partial charge in [-0.1, -0.05) is 77.5 Å². The first-order valence-electron chi connectivity index (χ1n) is 12.7. The molecule has 3 N–H and O–H groups in total. The molecule has 3 aromatic carbocycles. The van der Waals surface area contributed by atoms with E-state index in [1.54, 1.807) is 24.3 Å². The summed E-state index contributed by atoms with van der Waals surface area (Å²) in [6.07, 6.45) is 0. The van der Waals surface area contributed by atoms with Gasteiger partial charge in [0.2, 0.25) is 0 Å². The molecule has 3 amide bonds. The molecule has 9 heteroatoms. The van der Waals surface area contributed by atoms with Crippen molar-refractivity contribution in [1.29, 1.82) is 0 Å². The molecule has 4 aromatic rings. The quantitative estimate of drug-likeness (QED) is 0.219. The number of aliphatic hydroxyl groups is 1. The second kappa shape index (κ2) is 11.4. The third kappa shape index (κ3) is 5.46. The summed E-state index contributed by atoms with van der Waals surface area (Å²) in [4.78, 5) is 36.9. The number of rotatable bonds is 9. The lowest BCUT2D eigenvalue weighted by atomic mass is 9.91. The topological polar surface area (TPSA) is 108 Å². The van der Waals surface area contributed by atoms with Crippen LogP contribution in [0.5, 0.6) is 5.75 Å². The van der Waals surface area contributed by atoms with E-state index in [1.165, 1.54) is 4.90 Å². The third-order valence-electron chi connectivity index (χ3n) is 6.92. The largest absolute Gasteiger partial charge is 0.491 e. The van der Waals surface area contributed by atoms with E-state index in [1.807, 2.05) is 68.4 Å². The molecule has 200 valence electrons. The number of aryl methyl sites for hydroxylation is 1. The second-order valence-corrected chi connectivity index (χ2v) is 10.4. The lowest BCUT2D eigenvalue weighted by Gasteiger charge is -2.29. The van der Waals surface area contributed by atoms with Crippen LogP contribution in [0, 0.1) is 6.92 Å². The number of urea groups is 1. The lowest BCUT2D eigenvalue weighted by molar-refractivity contribution is -0.129. The van der Waals surface area contributed by atoms with E-state index in [0.717, 1.165) is 27.0 Å². The summed E-state index contributed by atoms with van der Waals surface area (Å²) in [5.74, 6) is 0.524. The van der Waals surface area contributed by atoms with E-state index >= 15 is 0 Å². The zero-order valence-corrected chi connectivity index (χ0v) is 23.2. The van der Waals surface area contributed by atoms with Crippen molar-refractivity contribution in [3.8, 4) is 17.0 Å². The third-order valence-corrected chi connectivity index (χ3v) is 7.45. The first-order chi connectivity index (χ1) is 18.9. The molecule has 0 spiro atoms. The fourth-order valence-corrected chi connectivity index (χ4v) is 5.20. The van der Waals surface area contributed by atoms with Crippen molar-refractivity contribution in [1.82, 2.24) is 20.2 Å². The van der Waals surface area contributed by atoms with Gasteiger partial charge in [0.1, 0.15) is 30.3 Å². The molecule has 39 heavy (non-hydrogen) atoms. The number of nitrogens with one attached hydrogen (secondary N) is 2. The van der Waals surface area contributed by atoms with Gasteiger partial charge in [-0.2, -0.15) is 0 Å². The first kappa shape index (κ1) is 26.6. The highest BCUT2D eigenvalue weighted by Gasteiger charge is 2.46. The van der Waals surface area contributed by atoms with Crippen LogP contribution in [-0.4, -0.2) is 45.1 Å². The van der Waals surface area contributed by atoms with Crippen molar-refractivity contribution in [2.24, 2.45) is 0 Å². The van der Waals surface area contributed by atoms with Crippen molar-refractivity contribution in [2.75, 3.05) is 13.2 Å². The van der Waals surface area contributed by atoms with Gasteiger partial charge in [0.05, 0.1) is 12.3 Å². The number of benzene rings is 3. The van der Waals surface area contributed by atoms with Gasteiger partial charge < -0.3 is 20.1 Å². The molecule has 1 aromatic heterocycles. The minimum Gasteiger partial charge on any atom is -0.491 e. The number of carbonyl (C=O) groups excluding carboxylic acids is 2. The normalized spacial score (nSPS) is 16.7. The molecule has 3 atom stereocenters. The number of carbonyl (C=O) groups is 2. The first-order valence-corrected chi connectivity index (χ1v) is 13.5. The van der Waals surface area contributed by atoms with Gasteiger partial charge >= 0.3 is 6.03 Å². The molecule has 0 bridgehead atoms. The minimum absolute atomic E-state index is 0.0926. The van der Waals surface area contributed by atoms with Crippen molar-refractivity contribution >= 4 is 27.9 Å². The highest BCUT2D eigenvalue weighted by molar-refractivity contribution is 9.10. The maximum atomic E-state index is 13.9. The molecule has 0 saturated carbocycles. The molecule has 5 rings (SSSR count). The minimum atomic E-state index is -0.836. The Labute approximate surface area is 235 Å². The number of aliphatic hydroxyl groups excluding tert-OH is 1. The molecule has 0 unspecified atom stereocenters. The summed E-state index contributed by atoms with van der Waals surface area (Å²) in [5, 5.41) is 11.8. The van der Waals surface area contributed by atoms with Crippen molar-refractivity contribution in [3.63, 3.8) is 0 Å². The van der Waals surface area contributed by atoms with Gasteiger partial charge in [0.25, 0.3) is 5.91 Å². The number of aromatic amines is 1. The molecule has 1 aliphatic heterocycles. The average molecular weight is 589 g/mol. The van der Waals surface area contributed by atoms with E-state index in [9.17, 15) is 9.59 Å². The molecular formula is C30H29BrN4O4. The molecule has 1 saturated heterocycles. The van der Waals surface area contributed by atoms with Gasteiger partial charge in [-0.25, -0.2) is 9.78 Å². The van der Waals surface area contributed by atoms with E-state index in [4.69, 9.17) is 14.8 Å². The van der Waals surface area contributed by atoms with Crippen LogP contribution in [0.4, 0.5) is 4.79 Å². The van der Waals surface area contributed by atoms with E-state index in [2.05, 4.69) is 26.2 Å². The number of hydrogen-bond donors (Lipinski definition) is 3. The van der Waals surface area contributed by atoms with Crippen LogP contribution >= 0.6 is 15.9 Å². The number of imide groups is 1. The Kier molecular flexibility index (Phi) is 7.81. The Hall–Kier alpha value is -3.95. The van der Waals surface area contributed by atoms with Crippen LogP contribution in [0.3, 0.4) is 0 Å². The molecule has 1 aliphatic rings. The maximum Gasteiger partial charge on any atom is 0.325 e. The van der Waals surface area contributed by atoms with Crippen LogP contribution in [0.1, 0.15) is 47.6 Å². The smallest absolute Gasteiger partial charge is 0.325 e. The molecule has 2 heterocycles. The molecule has 8 nitrogen and oxygen atoms in total. The summed E-state index contributed by atoms with van der Waals surface area (Å²) in [6, 6.07) is 22.6. The van der Waals surface area contributed by atoms with Crippen LogP contribution < -0.4 is 10.1 Å². The monoisotopic (exact) mass is 588 g/mol. The SMILES string of the molecule is Cc1[nH]c([C@H]([C@H](C)c2ccccc2)N2C(=O)N[C@H](c3ccc(OCCO)cc3)C2=O)nc1-c1ccc(Br)cc1. The summed E-state index contributed by atoms with van der Waals surface area (Å²) < 4.78 is 6.39. The Morgan fingerprint density at radius 1 is 1.03 bits per heavy atom. The highest BCUT2D eigenvalue weighted by atomic mass is 79.9. The highest BCUT2D eigenvalue weighted by Crippen LogP contribution is 2.40. The van der Waals surface area contributed by atoms with Crippen LogP contribution in [0.2, 0.25) is 0 Å². The fourth-order valence-electron chi connectivity index (χ4n) is 4.94. The number of H-pyrrole nitrogens is 1. The summed E-state index contributed by atoms with van der Waals surface area (Å²) in [5.41, 5.74) is 4.17. The van der Waals surface area contributed by atoms with Gasteiger partial charge in [0, 0.05) is 21.6 Å². The Balaban J connectivity index is 1.51. The zero-order chi connectivity index (χ0) is 27.5. The number of amides is 3. The predicted molar refractivity (Wildman–Crippen MR) is 151 cm³/mol. The summed E-state index contributed by atoms with van der Waals surface area (Å²) >= 11 is 3.47. The van der Waals surface area contributed by atoms with Gasteiger partial charge in [-0.05, 0) is 42.3 Å². The van der Waals surface area contributed by atoms with Gasteiger partial charge in [-0.15, -0.1) is 0 Å². The van der Waals surface area contributed by atoms with Gasteiger partial charge in [0.15, 0.2) is 0 Å². The Morgan fingerprint density at radius 3 is 2.38 bits per heavy atom. The van der Waals surface area contributed by atoms with Crippen LogP contribution in [0.15, 0.2) is 83.3 Å². The number of ether oxygens (including phenoxy) is 1. The lowest BCUT2D eigenvalue weighted by Crippen LogP contribution is -2.38. The number of hydrogen-bond acceptors (Lipinski definition) is 5. The molecule has 0 radical (unpaired) electrons. The van der Waals surface area contributed by atoms with E-state index in [0.29, 0.717) is 17.1 Å². The fraction of sp³-hybridized carbons (Fsp3) is 0.233. The molecule has 0 aliphatic carbocycles. The second-order valence-electron chi connectivity index (χ2n) is 9.48. The average Bonchev–Trinajstić information content (AvgIpc) is 3.48. The van der Waals surface area contributed by atoms with E-state index < -0.39 is 18.1 Å². The number of aromatic nitrogens is 2. The van der Waals surface area contributed by atoms with E-state index in [-0.39, 0.29) is 25.0 Å². The number of nitrogens with zero attached hydrogens (tertiary/aromatic N) is 2. The van der Waals surface area contributed by atoms with Crippen molar-refractivity contribution in [3.05, 3.63) is 106 Å². The molecular weight excluding hydrogens is 560 g/mol. The Bertz CT molecular complexity index is 1450. The maximum absolute atomic E-state index is 13.9. The Morgan fingerprint density at radius 2 is 1.72 bits per heavy atom. The van der Waals surface area contributed by atoms with Gasteiger partial charge in [-0.3, -0.25) is 9.69 Å². The summed E-state index contributed by atoms with van der Waals surface area (Å²) in [6.45, 7) is 4.02. The summed E-state index contributed by atoms with van der Waals surface area (Å²) in [7, 11) is 0. The number of halogens is 1. The number of imidazole rings is 1. The van der Waals surface area contributed by atoms with Crippen LogP contribution in [-0.2, 0) is 4.79 Å². The zero-order valence-electron chi connectivity index (χ0n) is 21.6. The van der Waals surface area contributed by atoms with Crippen molar-refractivity contribution in [2.45, 2.75) is 31.8 Å². The predicted octanol–water partition coefficient (Wildman–Crippen LogP) is 5.66. The van der Waals surface area contributed by atoms with Crippen LogP contribution in [0.25, 0.3) is 11.3 Å². The standard InChI is InChI=1S/C30H29BrN4O4/c1-18(20-6-4-3-5-7-20)27(28-32-19(2)25(33-28)21-8-12-23(31)13-9-21)35-29(37)26(34-30(35)38)22-10-14-24(15-11-22)39-17-16-36/h3-15,18,26-27,36H,16-17H2,1-2H3,(H,32,33)(H,34,38)/t18-,26-,27+/m1/s1. The van der Waals surface area contributed by atoms with Crippen molar-refractivity contribution < 1.29 is 19.4 Å². The molecule has 1 fully saturated rings.